The van der Waals surface area contributed by atoms with E-state index in [0.29, 0.717) is 37.5 Å². The summed E-state index contributed by atoms with van der Waals surface area (Å²) in [5, 5.41) is 97.1. The molecule has 2 aliphatic heterocycles. The molecule has 5 unspecified atom stereocenters. The first-order valence-electron chi connectivity index (χ1n) is 20.9. The Morgan fingerprint density at radius 1 is 0.714 bits per heavy atom. The molecule has 0 aromatic heterocycles. The second kappa shape index (κ2) is 14.4. The van der Waals surface area contributed by atoms with Crippen LogP contribution in [0.2, 0.25) is 0 Å². The fraction of sp³-hybridized carbons (Fsp3) is 0.929. The Bertz CT molecular complexity index is 1520. The third-order valence-electron chi connectivity index (χ3n) is 17.2. The summed E-state index contributed by atoms with van der Waals surface area (Å²) in [6.45, 7) is 14.4. The van der Waals surface area contributed by atoms with Crippen LogP contribution >= 0.6 is 0 Å². The molecule has 0 aromatic rings. The maximum Gasteiger partial charge on any atom is 0.317 e. The van der Waals surface area contributed by atoms with Gasteiger partial charge in [-0.25, -0.2) is 0 Å². The number of rotatable bonds is 6. The fourth-order valence-corrected chi connectivity index (χ4v) is 13.6. The van der Waals surface area contributed by atoms with E-state index in [1.807, 2.05) is 0 Å². The maximum atomic E-state index is 14.8. The minimum Gasteiger partial charge on any atom is -0.432 e. The molecule has 0 amide bonds. The van der Waals surface area contributed by atoms with Crippen LogP contribution in [0.1, 0.15) is 106 Å². The molecule has 7 aliphatic rings. The van der Waals surface area contributed by atoms with E-state index < -0.39 is 97.5 Å². The van der Waals surface area contributed by atoms with Crippen LogP contribution in [0.3, 0.4) is 0 Å². The minimum absolute atomic E-state index is 0.00601. The number of aliphatic hydroxyl groups is 9. The zero-order valence-corrected chi connectivity index (χ0v) is 34.1. The van der Waals surface area contributed by atoms with Crippen molar-refractivity contribution in [2.45, 2.75) is 180 Å². The van der Waals surface area contributed by atoms with Crippen LogP contribution in [0.25, 0.3) is 0 Å². The number of carbonyl (C=O) groups is 1. The van der Waals surface area contributed by atoms with Crippen molar-refractivity contribution in [3.8, 4) is 0 Å². The van der Waals surface area contributed by atoms with Gasteiger partial charge in [-0.1, -0.05) is 60.1 Å². The number of aliphatic hydroxyl groups excluding tert-OH is 9. The second-order valence-electron chi connectivity index (χ2n) is 20.8. The molecule has 6 fully saturated rings. The Labute approximate surface area is 330 Å². The summed E-state index contributed by atoms with van der Waals surface area (Å²) in [6.07, 6.45) is -9.35. The van der Waals surface area contributed by atoms with Crippen molar-refractivity contribution in [1.82, 2.24) is 0 Å². The Morgan fingerprint density at radius 2 is 1.36 bits per heavy atom. The predicted octanol–water partition coefficient (Wildman–Crippen LogP) is 1.29. The van der Waals surface area contributed by atoms with Gasteiger partial charge in [0.1, 0.15) is 54.2 Å². The van der Waals surface area contributed by atoms with Crippen LogP contribution in [0.5, 0.6) is 0 Å². The number of esters is 1. The first kappa shape index (κ1) is 42.8. The van der Waals surface area contributed by atoms with Crippen molar-refractivity contribution in [3.05, 3.63) is 11.6 Å². The van der Waals surface area contributed by atoms with Crippen LogP contribution in [-0.2, 0) is 23.7 Å². The van der Waals surface area contributed by atoms with Crippen molar-refractivity contribution in [2.24, 2.45) is 50.2 Å². The van der Waals surface area contributed by atoms with Crippen molar-refractivity contribution < 1.29 is 69.7 Å². The van der Waals surface area contributed by atoms with Gasteiger partial charge in [0.25, 0.3) is 0 Å². The molecule has 2 heterocycles. The highest BCUT2D eigenvalue weighted by atomic mass is 16.7. The van der Waals surface area contributed by atoms with Gasteiger partial charge in [0, 0.05) is 0 Å². The maximum absolute atomic E-state index is 14.8. The van der Waals surface area contributed by atoms with E-state index in [1.165, 1.54) is 5.57 Å². The van der Waals surface area contributed by atoms with E-state index in [9.17, 15) is 50.8 Å². The molecule has 7 rings (SSSR count). The average molecular weight is 797 g/mol. The van der Waals surface area contributed by atoms with Gasteiger partial charge in [0.15, 0.2) is 6.29 Å². The molecule has 4 saturated carbocycles. The molecule has 19 atom stereocenters. The molecule has 0 spiro atoms. The van der Waals surface area contributed by atoms with E-state index in [2.05, 4.69) is 54.5 Å². The quantitative estimate of drug-likeness (QED) is 0.136. The zero-order valence-electron chi connectivity index (χ0n) is 34.1. The zero-order chi connectivity index (χ0) is 41.1. The first-order chi connectivity index (χ1) is 26.0. The van der Waals surface area contributed by atoms with Gasteiger partial charge in [0.05, 0.1) is 25.4 Å². The summed E-state index contributed by atoms with van der Waals surface area (Å²) < 4.78 is 23.0. The molecular weight excluding hydrogens is 728 g/mol. The highest BCUT2D eigenvalue weighted by Gasteiger charge is 2.72. The molecule has 5 aliphatic carbocycles. The molecular formula is C42H68O14. The Hall–Kier alpha value is -1.27. The molecule has 2 saturated heterocycles. The van der Waals surface area contributed by atoms with Crippen molar-refractivity contribution in [2.75, 3.05) is 13.2 Å². The van der Waals surface area contributed by atoms with E-state index >= 15 is 0 Å². The van der Waals surface area contributed by atoms with Gasteiger partial charge in [-0.05, 0) is 103 Å². The summed E-state index contributed by atoms with van der Waals surface area (Å²) >= 11 is 0. The lowest BCUT2D eigenvalue weighted by Crippen LogP contribution is -2.68. The van der Waals surface area contributed by atoms with Gasteiger partial charge in [-0.3, -0.25) is 4.79 Å². The largest absolute Gasteiger partial charge is 0.432 e. The predicted molar refractivity (Wildman–Crippen MR) is 199 cm³/mol. The van der Waals surface area contributed by atoms with Crippen LogP contribution in [0, 0.1) is 50.2 Å². The fourth-order valence-electron chi connectivity index (χ4n) is 13.6. The van der Waals surface area contributed by atoms with Gasteiger partial charge in [-0.15, -0.1) is 0 Å². The van der Waals surface area contributed by atoms with E-state index in [0.717, 1.165) is 32.1 Å². The number of carbonyl (C=O) groups excluding carboxylic acids is 1. The number of hydrogen-bond acceptors (Lipinski definition) is 14. The first-order valence-corrected chi connectivity index (χ1v) is 20.9. The Kier molecular flexibility index (Phi) is 11.0. The molecule has 320 valence electrons. The summed E-state index contributed by atoms with van der Waals surface area (Å²) in [5.41, 5.74) is -1.17. The van der Waals surface area contributed by atoms with Gasteiger partial charge in [0.2, 0.25) is 6.29 Å². The molecule has 14 heteroatoms. The minimum atomic E-state index is -1.89. The number of hydrogen-bond donors (Lipinski definition) is 9. The smallest absolute Gasteiger partial charge is 0.317 e. The van der Waals surface area contributed by atoms with Crippen LogP contribution in [-0.4, -0.2) is 139 Å². The van der Waals surface area contributed by atoms with Crippen molar-refractivity contribution in [1.29, 1.82) is 0 Å². The third-order valence-corrected chi connectivity index (χ3v) is 17.2. The summed E-state index contributed by atoms with van der Waals surface area (Å²) in [7, 11) is 0. The van der Waals surface area contributed by atoms with E-state index in [-0.39, 0.29) is 33.7 Å². The third kappa shape index (κ3) is 6.13. The number of ether oxygens (including phenoxy) is 4. The topological polar surface area (TPSA) is 236 Å². The van der Waals surface area contributed by atoms with E-state index in [1.54, 1.807) is 0 Å². The summed E-state index contributed by atoms with van der Waals surface area (Å²) in [6, 6.07) is 0. The van der Waals surface area contributed by atoms with Gasteiger partial charge < -0.3 is 64.9 Å². The van der Waals surface area contributed by atoms with Crippen molar-refractivity contribution >= 4 is 5.97 Å². The average Bonchev–Trinajstić information content (AvgIpc) is 3.13. The van der Waals surface area contributed by atoms with Gasteiger partial charge in [-0.2, -0.15) is 0 Å². The van der Waals surface area contributed by atoms with Gasteiger partial charge >= 0.3 is 5.97 Å². The monoisotopic (exact) mass is 796 g/mol. The standard InChI is InChI=1S/C42H68O14/c1-37(2)14-15-42(36(52)56-35-32(51)30(49)33(23(19-44)54-35)55-34-31(50)29(48)28(47)22(18-43)53-34)21(16-37)20-8-9-25-39(5)12-11-26(45)38(3,4)24(39)10-13-40(25,6)41(20,7)17-27(42)46/h8,21-35,43-51H,9-19H2,1-7H3/t21-,22?,23?,24-,25+,26-,27?,28-,29+,30-,31?,32?,33-,34-,35+,39-,40+,41+,42+/m0/s1. The van der Waals surface area contributed by atoms with Crippen LogP contribution < -0.4 is 0 Å². The highest BCUT2D eigenvalue weighted by Crippen LogP contribution is 2.76. The summed E-state index contributed by atoms with van der Waals surface area (Å²) in [5.74, 6) is -0.449. The lowest BCUT2D eigenvalue weighted by atomic mass is 9.33. The molecule has 0 aromatic carbocycles. The van der Waals surface area contributed by atoms with Crippen LogP contribution in [0.4, 0.5) is 0 Å². The molecule has 14 nitrogen and oxygen atoms in total. The Morgan fingerprint density at radius 3 is 2.02 bits per heavy atom. The highest BCUT2D eigenvalue weighted by molar-refractivity contribution is 5.80. The Balaban J connectivity index is 1.16. The van der Waals surface area contributed by atoms with Crippen molar-refractivity contribution in [3.63, 3.8) is 0 Å². The second-order valence-corrected chi connectivity index (χ2v) is 20.8. The molecule has 0 bridgehead atoms. The van der Waals surface area contributed by atoms with Crippen LogP contribution in [0.15, 0.2) is 11.6 Å². The SMILES string of the molecule is CC1(C)CC[C@]2(C(=O)O[C@H]3OC(CO)[C@H](O[C@@H]4OC(CO)[C@H](O)[C@@H](O)C4O)[C@@H](O)C3O)C(O)C[C@]3(C)C(=CC[C@@H]4[C@@]5(C)CC[C@H](O)C(C)(C)[C@@H]5CC[C@]43C)[C@@H]2C1. The molecule has 56 heavy (non-hydrogen) atoms. The molecule has 0 radical (unpaired) electrons. The molecule has 9 N–H and O–H groups in total. The number of allylic oxidation sites excluding steroid dienone is 2. The lowest BCUT2D eigenvalue weighted by Gasteiger charge is -2.71. The normalized spacial score (nSPS) is 53.7. The van der Waals surface area contributed by atoms with E-state index in [4.69, 9.17) is 18.9 Å². The summed E-state index contributed by atoms with van der Waals surface area (Å²) in [4.78, 5) is 14.8. The lowest BCUT2D eigenvalue weighted by molar-refractivity contribution is -0.357. The number of fused-ring (bicyclic) bond motifs is 7.